The molecule has 1 unspecified atom stereocenters. The third-order valence-corrected chi connectivity index (χ3v) is 8.09. The summed E-state index contributed by atoms with van der Waals surface area (Å²) in [5.74, 6) is 0.626. The highest BCUT2D eigenvalue weighted by Gasteiger charge is 2.35. The fourth-order valence-electron chi connectivity index (χ4n) is 3.44. The van der Waals surface area contributed by atoms with E-state index in [1.54, 1.807) is 16.2 Å². The number of aryl methyl sites for hydroxylation is 1. The molecule has 1 atom stereocenters. The second-order valence-electron chi connectivity index (χ2n) is 8.67. The van der Waals surface area contributed by atoms with Gasteiger partial charge in [0.2, 0.25) is 0 Å². The van der Waals surface area contributed by atoms with Gasteiger partial charge >= 0.3 is 0 Å². The number of carbonyl (C=O) groups is 1. The molecule has 1 aliphatic rings. The summed E-state index contributed by atoms with van der Waals surface area (Å²) in [6.45, 7) is 8.77. The molecular weight excluding hydrogens is 406 g/mol. The molecule has 1 aliphatic heterocycles. The first-order chi connectivity index (χ1) is 13.5. The Balaban J connectivity index is 1.70. The van der Waals surface area contributed by atoms with Gasteiger partial charge in [-0.3, -0.25) is 4.79 Å². The van der Waals surface area contributed by atoms with Gasteiger partial charge in [0.15, 0.2) is 16.4 Å². The zero-order chi connectivity index (χ0) is 21.2. The van der Waals surface area contributed by atoms with Crippen LogP contribution in [0.1, 0.15) is 43.2 Å². The first kappa shape index (κ1) is 21.8. The fraction of sp³-hybridized carbons (Fsp3) is 0.500. The van der Waals surface area contributed by atoms with Crippen molar-refractivity contribution in [2.24, 2.45) is 0 Å². The minimum Gasteiger partial charge on any atom is -0.484 e. The van der Waals surface area contributed by atoms with Crippen molar-refractivity contribution in [3.05, 3.63) is 51.7 Å². The van der Waals surface area contributed by atoms with Crippen LogP contribution < -0.4 is 4.74 Å². The van der Waals surface area contributed by atoms with Crippen molar-refractivity contribution < 1.29 is 17.9 Å². The molecule has 5 nitrogen and oxygen atoms in total. The molecule has 3 rings (SSSR count). The summed E-state index contributed by atoms with van der Waals surface area (Å²) in [6, 6.07) is 9.50. The lowest BCUT2D eigenvalue weighted by Crippen LogP contribution is -2.43. The number of ether oxygens (including phenoxy) is 1. The molecule has 0 bridgehead atoms. The third kappa shape index (κ3) is 5.60. The molecule has 2 aromatic rings. The lowest BCUT2D eigenvalue weighted by Gasteiger charge is -2.28. The van der Waals surface area contributed by atoms with Crippen molar-refractivity contribution in [1.82, 2.24) is 4.90 Å². The summed E-state index contributed by atoms with van der Waals surface area (Å²) in [6.07, 6.45) is 0.485. The van der Waals surface area contributed by atoms with Crippen molar-refractivity contribution in [3.63, 3.8) is 0 Å². The molecule has 2 heterocycles. The van der Waals surface area contributed by atoms with E-state index < -0.39 is 9.84 Å². The summed E-state index contributed by atoms with van der Waals surface area (Å²) in [5.41, 5.74) is 2.37. The molecule has 1 aromatic heterocycles. The Morgan fingerprint density at radius 2 is 1.90 bits per heavy atom. The molecule has 1 saturated heterocycles. The zero-order valence-electron chi connectivity index (χ0n) is 17.5. The molecular formula is C22H29NO4S2. The number of nitrogens with zero attached hydrogens (tertiary/aromatic N) is 1. The molecule has 0 radical (unpaired) electrons. The lowest BCUT2D eigenvalue weighted by molar-refractivity contribution is -0.135. The predicted octanol–water partition coefficient (Wildman–Crippen LogP) is 3.95. The van der Waals surface area contributed by atoms with Crippen LogP contribution in [0, 0.1) is 6.92 Å². The fourth-order valence-corrected chi connectivity index (χ4v) is 6.08. The van der Waals surface area contributed by atoms with E-state index in [9.17, 15) is 13.2 Å². The number of carbonyl (C=O) groups excluding carboxylic acids is 1. The highest BCUT2D eigenvalue weighted by atomic mass is 32.2. The first-order valence-corrected chi connectivity index (χ1v) is 12.5. The second-order valence-corrected chi connectivity index (χ2v) is 11.9. The summed E-state index contributed by atoms with van der Waals surface area (Å²) >= 11 is 1.59. The maximum absolute atomic E-state index is 13.0. The van der Waals surface area contributed by atoms with Crippen molar-refractivity contribution >= 4 is 27.1 Å². The van der Waals surface area contributed by atoms with Gasteiger partial charge in [-0.05, 0) is 53.5 Å². The number of thiophene rings is 1. The molecule has 0 aliphatic carbocycles. The molecule has 29 heavy (non-hydrogen) atoms. The van der Waals surface area contributed by atoms with E-state index in [0.29, 0.717) is 18.7 Å². The molecule has 7 heteroatoms. The van der Waals surface area contributed by atoms with Crippen molar-refractivity contribution in [1.29, 1.82) is 0 Å². The van der Waals surface area contributed by atoms with Crippen LogP contribution in [0.25, 0.3) is 0 Å². The minimum atomic E-state index is -3.08. The van der Waals surface area contributed by atoms with Crippen molar-refractivity contribution in [2.75, 3.05) is 18.1 Å². The number of rotatable bonds is 6. The van der Waals surface area contributed by atoms with E-state index in [4.69, 9.17) is 4.74 Å². The highest BCUT2D eigenvalue weighted by Crippen LogP contribution is 2.26. The van der Waals surface area contributed by atoms with Gasteiger partial charge in [0.05, 0.1) is 18.1 Å². The molecule has 0 spiro atoms. The quantitative estimate of drug-likeness (QED) is 0.689. The van der Waals surface area contributed by atoms with Crippen LogP contribution in [-0.4, -0.2) is 43.4 Å². The average molecular weight is 436 g/mol. The van der Waals surface area contributed by atoms with Crippen LogP contribution in [0.3, 0.4) is 0 Å². The van der Waals surface area contributed by atoms with Crippen LogP contribution in [0.2, 0.25) is 0 Å². The van der Waals surface area contributed by atoms with E-state index >= 15 is 0 Å². The minimum absolute atomic E-state index is 0.0312. The van der Waals surface area contributed by atoms with E-state index in [2.05, 4.69) is 20.8 Å². The number of hydrogen-bond donors (Lipinski definition) is 0. The summed E-state index contributed by atoms with van der Waals surface area (Å²) in [5, 5.41) is 1.99. The average Bonchev–Trinajstić information content (AvgIpc) is 3.21. The van der Waals surface area contributed by atoms with Gasteiger partial charge in [0.25, 0.3) is 5.91 Å². The van der Waals surface area contributed by atoms with Crippen LogP contribution in [0.4, 0.5) is 0 Å². The second kappa shape index (κ2) is 8.48. The van der Waals surface area contributed by atoms with Gasteiger partial charge < -0.3 is 9.64 Å². The maximum Gasteiger partial charge on any atom is 0.261 e. The van der Waals surface area contributed by atoms with Gasteiger partial charge in [-0.2, -0.15) is 0 Å². The van der Waals surface area contributed by atoms with Crippen LogP contribution >= 0.6 is 11.3 Å². The Labute approximate surface area is 177 Å². The molecule has 158 valence electrons. The monoisotopic (exact) mass is 435 g/mol. The smallest absolute Gasteiger partial charge is 0.261 e. The summed E-state index contributed by atoms with van der Waals surface area (Å²) in [4.78, 5) is 15.8. The first-order valence-electron chi connectivity index (χ1n) is 9.81. The Morgan fingerprint density at radius 1 is 1.21 bits per heavy atom. The topological polar surface area (TPSA) is 63.7 Å². The van der Waals surface area contributed by atoms with E-state index in [0.717, 1.165) is 10.4 Å². The Morgan fingerprint density at radius 3 is 2.41 bits per heavy atom. The number of benzene rings is 1. The predicted molar refractivity (Wildman–Crippen MR) is 117 cm³/mol. The van der Waals surface area contributed by atoms with Crippen LogP contribution in [-0.2, 0) is 26.6 Å². The summed E-state index contributed by atoms with van der Waals surface area (Å²) < 4.78 is 29.7. The highest BCUT2D eigenvalue weighted by molar-refractivity contribution is 7.91. The number of hydrogen-bond acceptors (Lipinski definition) is 5. The van der Waals surface area contributed by atoms with Crippen molar-refractivity contribution in [2.45, 2.75) is 52.1 Å². The molecule has 1 amide bonds. The number of sulfone groups is 1. The summed E-state index contributed by atoms with van der Waals surface area (Å²) in [7, 11) is -3.08. The standard InChI is InChI=1S/C22H29NO4S2/c1-16-9-11-28-20(16)13-23(18-10-12-29(25,26)15-18)21(24)14-27-19-7-5-17(6-8-19)22(2,3)4/h5-9,11,18H,10,12-15H2,1-4H3. The lowest BCUT2D eigenvalue weighted by atomic mass is 9.87. The van der Waals surface area contributed by atoms with Gasteiger partial charge in [-0.25, -0.2) is 8.42 Å². The molecule has 0 saturated carbocycles. The normalized spacial score (nSPS) is 18.6. The Kier molecular flexibility index (Phi) is 6.39. The SMILES string of the molecule is Cc1ccsc1CN(C(=O)COc1ccc(C(C)(C)C)cc1)C1CCS(=O)(=O)C1. The molecule has 1 fully saturated rings. The zero-order valence-corrected chi connectivity index (χ0v) is 19.1. The van der Waals surface area contributed by atoms with Gasteiger partial charge in [-0.1, -0.05) is 32.9 Å². The van der Waals surface area contributed by atoms with Gasteiger partial charge in [0.1, 0.15) is 5.75 Å². The van der Waals surface area contributed by atoms with E-state index in [-0.39, 0.29) is 35.5 Å². The van der Waals surface area contributed by atoms with Gasteiger partial charge in [-0.15, -0.1) is 11.3 Å². The molecule has 0 N–H and O–H groups in total. The van der Waals surface area contributed by atoms with E-state index in [1.807, 2.05) is 42.6 Å². The van der Waals surface area contributed by atoms with E-state index in [1.165, 1.54) is 5.56 Å². The Hall–Kier alpha value is -1.86. The Bertz CT molecular complexity index is 955. The maximum atomic E-state index is 13.0. The molecule has 1 aromatic carbocycles. The van der Waals surface area contributed by atoms with Crippen LogP contribution in [0.15, 0.2) is 35.7 Å². The number of amides is 1. The van der Waals surface area contributed by atoms with Crippen molar-refractivity contribution in [3.8, 4) is 5.75 Å². The van der Waals surface area contributed by atoms with Crippen LogP contribution in [0.5, 0.6) is 5.75 Å². The third-order valence-electron chi connectivity index (χ3n) is 5.33. The van der Waals surface area contributed by atoms with Gasteiger partial charge in [0, 0.05) is 10.9 Å². The largest absolute Gasteiger partial charge is 0.484 e.